The second-order valence-electron chi connectivity index (χ2n) is 6.91. The van der Waals surface area contributed by atoms with E-state index in [4.69, 9.17) is 0 Å². The summed E-state index contributed by atoms with van der Waals surface area (Å²) in [7, 11) is -2.07. The molecule has 1 N–H and O–H groups in total. The Morgan fingerprint density at radius 2 is 1.68 bits per heavy atom. The number of carbonyl (C=O) groups excluding carboxylic acids is 1. The van der Waals surface area contributed by atoms with Crippen molar-refractivity contribution in [2.24, 2.45) is 0 Å². The molecule has 0 aromatic heterocycles. The van der Waals surface area contributed by atoms with Crippen molar-refractivity contribution in [1.82, 2.24) is 9.80 Å². The minimum Gasteiger partial charge on any atom is -0.340 e. The van der Waals surface area contributed by atoms with E-state index in [9.17, 15) is 17.6 Å². The third kappa shape index (κ3) is 5.08. The molecule has 3 rings (SSSR count). The van der Waals surface area contributed by atoms with E-state index in [0.29, 0.717) is 12.1 Å². The zero-order valence-corrected chi connectivity index (χ0v) is 16.6. The summed E-state index contributed by atoms with van der Waals surface area (Å²) in [5.41, 5.74) is 0.702. The summed E-state index contributed by atoms with van der Waals surface area (Å²) < 4.78 is 40.2. The van der Waals surface area contributed by atoms with Gasteiger partial charge in [-0.2, -0.15) is 0 Å². The number of anilines is 1. The van der Waals surface area contributed by atoms with Crippen LogP contribution in [0.3, 0.4) is 0 Å². The highest BCUT2D eigenvalue weighted by molar-refractivity contribution is 7.92. The Labute approximate surface area is 165 Å². The maximum absolute atomic E-state index is 13.0. The number of nitrogens with zero attached hydrogens (tertiary/aromatic N) is 2. The van der Waals surface area contributed by atoms with Crippen LogP contribution in [0.1, 0.15) is 23.2 Å². The average molecular weight is 405 g/mol. The highest BCUT2D eigenvalue weighted by Gasteiger charge is 2.18. The van der Waals surface area contributed by atoms with Crippen LogP contribution in [-0.4, -0.2) is 57.4 Å². The first-order valence-electron chi connectivity index (χ1n) is 9.21. The summed E-state index contributed by atoms with van der Waals surface area (Å²) >= 11 is 0. The molecule has 1 aliphatic rings. The van der Waals surface area contributed by atoms with Gasteiger partial charge in [0.1, 0.15) is 5.82 Å². The first-order chi connectivity index (χ1) is 13.3. The highest BCUT2D eigenvalue weighted by Crippen LogP contribution is 2.17. The number of rotatable bonds is 7. The molecule has 0 radical (unpaired) electrons. The van der Waals surface area contributed by atoms with E-state index in [2.05, 4.69) is 9.62 Å². The summed E-state index contributed by atoms with van der Waals surface area (Å²) in [6.45, 7) is 3.63. The monoisotopic (exact) mass is 405 g/mol. The van der Waals surface area contributed by atoms with Gasteiger partial charge in [-0.05, 0) is 74.5 Å². The summed E-state index contributed by atoms with van der Waals surface area (Å²) in [6, 6.07) is 10.9. The summed E-state index contributed by atoms with van der Waals surface area (Å²) in [5, 5.41) is 0. The molecule has 0 spiro atoms. The van der Waals surface area contributed by atoms with Gasteiger partial charge in [-0.25, -0.2) is 12.8 Å². The average Bonchev–Trinajstić information content (AvgIpc) is 3.21. The molecule has 1 aliphatic heterocycles. The molecule has 28 heavy (non-hydrogen) atoms. The second-order valence-corrected chi connectivity index (χ2v) is 8.59. The normalized spacial score (nSPS) is 14.8. The minimum atomic E-state index is -3.81. The molecule has 0 saturated carbocycles. The highest BCUT2D eigenvalue weighted by atomic mass is 32.2. The van der Waals surface area contributed by atoms with Crippen molar-refractivity contribution in [2.75, 3.05) is 37.9 Å². The van der Waals surface area contributed by atoms with Crippen molar-refractivity contribution in [3.05, 3.63) is 59.9 Å². The molecule has 1 heterocycles. The number of amides is 1. The lowest BCUT2D eigenvalue weighted by molar-refractivity contribution is 0.0782. The van der Waals surface area contributed by atoms with Crippen LogP contribution in [0.2, 0.25) is 0 Å². The van der Waals surface area contributed by atoms with E-state index < -0.39 is 15.8 Å². The topological polar surface area (TPSA) is 69.7 Å². The van der Waals surface area contributed by atoms with Crippen molar-refractivity contribution < 1.29 is 17.6 Å². The molecular formula is C20H24FN3O3S. The Kier molecular flexibility index (Phi) is 6.31. The number of carbonyl (C=O) groups is 1. The molecule has 0 unspecified atom stereocenters. The van der Waals surface area contributed by atoms with E-state index in [1.165, 1.54) is 61.4 Å². The van der Waals surface area contributed by atoms with Gasteiger partial charge in [0.15, 0.2) is 0 Å². The van der Waals surface area contributed by atoms with Crippen LogP contribution in [0.5, 0.6) is 0 Å². The standard InChI is InChI=1S/C20H24FN3O3S/c1-23(14-15-24-12-2-3-13-24)20(25)16-4-10-19(11-5-16)28(26,27)22-18-8-6-17(21)7-9-18/h4-11,22H,2-3,12-15H2,1H3. The lowest BCUT2D eigenvalue weighted by atomic mass is 10.2. The summed E-state index contributed by atoms with van der Waals surface area (Å²) in [4.78, 5) is 16.6. The van der Waals surface area contributed by atoms with Crippen LogP contribution in [0, 0.1) is 5.82 Å². The van der Waals surface area contributed by atoms with Crippen molar-refractivity contribution in [2.45, 2.75) is 17.7 Å². The lowest BCUT2D eigenvalue weighted by Crippen LogP contribution is -2.35. The van der Waals surface area contributed by atoms with Gasteiger partial charge in [-0.3, -0.25) is 9.52 Å². The Morgan fingerprint density at radius 1 is 1.07 bits per heavy atom. The lowest BCUT2D eigenvalue weighted by Gasteiger charge is -2.21. The number of sulfonamides is 1. The van der Waals surface area contributed by atoms with Gasteiger partial charge in [-0.1, -0.05) is 0 Å². The fraction of sp³-hybridized carbons (Fsp3) is 0.350. The van der Waals surface area contributed by atoms with E-state index in [1.807, 2.05) is 0 Å². The van der Waals surface area contributed by atoms with Crippen molar-refractivity contribution in [3.8, 4) is 0 Å². The third-order valence-corrected chi connectivity index (χ3v) is 6.20. The molecule has 8 heteroatoms. The number of nitrogens with one attached hydrogen (secondary N) is 1. The second kappa shape index (κ2) is 8.70. The van der Waals surface area contributed by atoms with Gasteiger partial charge in [0, 0.05) is 31.4 Å². The third-order valence-electron chi connectivity index (χ3n) is 4.81. The van der Waals surface area contributed by atoms with Crippen LogP contribution in [0.4, 0.5) is 10.1 Å². The molecule has 1 amide bonds. The van der Waals surface area contributed by atoms with E-state index >= 15 is 0 Å². The predicted molar refractivity (Wildman–Crippen MR) is 106 cm³/mol. The number of likely N-dealkylation sites (tertiary alicyclic amines) is 1. The molecule has 6 nitrogen and oxygen atoms in total. The van der Waals surface area contributed by atoms with Gasteiger partial charge in [-0.15, -0.1) is 0 Å². The van der Waals surface area contributed by atoms with E-state index in [-0.39, 0.29) is 16.5 Å². The molecule has 1 fully saturated rings. The van der Waals surface area contributed by atoms with Crippen molar-refractivity contribution in [1.29, 1.82) is 0 Å². The van der Waals surface area contributed by atoms with Gasteiger partial charge in [0.05, 0.1) is 4.90 Å². The number of likely N-dealkylation sites (N-methyl/N-ethyl adjacent to an activating group) is 1. The Morgan fingerprint density at radius 3 is 2.29 bits per heavy atom. The van der Waals surface area contributed by atoms with Crippen LogP contribution >= 0.6 is 0 Å². The molecule has 2 aromatic rings. The largest absolute Gasteiger partial charge is 0.340 e. The molecular weight excluding hydrogens is 381 g/mol. The quantitative estimate of drug-likeness (QED) is 0.769. The first-order valence-corrected chi connectivity index (χ1v) is 10.7. The molecule has 0 atom stereocenters. The fourth-order valence-corrected chi connectivity index (χ4v) is 4.19. The number of halogens is 1. The van der Waals surface area contributed by atoms with E-state index in [0.717, 1.165) is 19.6 Å². The number of hydrogen-bond acceptors (Lipinski definition) is 4. The number of benzene rings is 2. The smallest absolute Gasteiger partial charge is 0.261 e. The zero-order valence-electron chi connectivity index (χ0n) is 15.8. The van der Waals surface area contributed by atoms with Gasteiger partial charge in [0.2, 0.25) is 0 Å². The Balaban J connectivity index is 1.62. The molecule has 1 saturated heterocycles. The van der Waals surface area contributed by atoms with Crippen molar-refractivity contribution in [3.63, 3.8) is 0 Å². The predicted octanol–water partition coefficient (Wildman–Crippen LogP) is 2.79. The SMILES string of the molecule is CN(CCN1CCCC1)C(=O)c1ccc(S(=O)(=O)Nc2ccc(F)cc2)cc1. The maximum Gasteiger partial charge on any atom is 0.261 e. The number of hydrogen-bond donors (Lipinski definition) is 1. The van der Waals surface area contributed by atoms with Crippen LogP contribution in [0.15, 0.2) is 53.4 Å². The molecule has 0 aliphatic carbocycles. The van der Waals surface area contributed by atoms with Gasteiger partial charge in [0.25, 0.3) is 15.9 Å². The molecule has 150 valence electrons. The molecule has 0 bridgehead atoms. The van der Waals surface area contributed by atoms with E-state index in [1.54, 1.807) is 11.9 Å². The van der Waals surface area contributed by atoms with Gasteiger partial charge >= 0.3 is 0 Å². The Bertz CT molecular complexity index is 909. The summed E-state index contributed by atoms with van der Waals surface area (Å²) in [6.07, 6.45) is 2.42. The minimum absolute atomic E-state index is 0.0353. The van der Waals surface area contributed by atoms with Crippen LogP contribution in [-0.2, 0) is 10.0 Å². The first kappa shape index (κ1) is 20.3. The van der Waals surface area contributed by atoms with Crippen molar-refractivity contribution >= 4 is 21.6 Å². The van der Waals surface area contributed by atoms with Crippen LogP contribution in [0.25, 0.3) is 0 Å². The fourth-order valence-electron chi connectivity index (χ4n) is 3.13. The molecule has 2 aromatic carbocycles. The van der Waals surface area contributed by atoms with Gasteiger partial charge < -0.3 is 9.80 Å². The van der Waals surface area contributed by atoms with Crippen LogP contribution < -0.4 is 4.72 Å². The zero-order chi connectivity index (χ0) is 20.1. The Hall–Kier alpha value is -2.45. The summed E-state index contributed by atoms with van der Waals surface area (Å²) in [5.74, 6) is -0.589. The maximum atomic E-state index is 13.0.